The maximum atomic E-state index is 11.8. The van der Waals surface area contributed by atoms with E-state index in [-0.39, 0.29) is 5.92 Å². The van der Waals surface area contributed by atoms with Gasteiger partial charge in [-0.2, -0.15) is 0 Å². The topological polar surface area (TPSA) is 66.8 Å². The number of carbonyl (C=O) groups is 2. The summed E-state index contributed by atoms with van der Waals surface area (Å²) >= 11 is 0. The van der Waals surface area contributed by atoms with Crippen LogP contribution in [0.5, 0.6) is 0 Å². The van der Waals surface area contributed by atoms with E-state index < -0.39 is 23.7 Å². The van der Waals surface area contributed by atoms with E-state index in [0.29, 0.717) is 12.5 Å². The van der Waals surface area contributed by atoms with Crippen LogP contribution in [0.4, 0.5) is 4.79 Å². The SMILES string of the molecule is CC(C)(C)OC(=O)N1C[C@H]2C[C@H]2[C@H]1C(=O)O. The number of carbonyl (C=O) groups excluding carboxylic acids is 1. The molecule has 1 heterocycles. The summed E-state index contributed by atoms with van der Waals surface area (Å²) in [5, 5.41) is 9.08. The normalized spacial score (nSPS) is 32.2. The van der Waals surface area contributed by atoms with Crippen LogP contribution >= 0.6 is 0 Å². The molecular formula is C11H17NO4. The summed E-state index contributed by atoms with van der Waals surface area (Å²) in [7, 11) is 0. The minimum atomic E-state index is -0.921. The van der Waals surface area contributed by atoms with Gasteiger partial charge in [0.05, 0.1) is 0 Å². The van der Waals surface area contributed by atoms with E-state index in [1.807, 2.05) is 0 Å². The third-order valence-electron chi connectivity index (χ3n) is 3.03. The predicted molar refractivity (Wildman–Crippen MR) is 56.0 cm³/mol. The largest absolute Gasteiger partial charge is 0.480 e. The van der Waals surface area contributed by atoms with Crippen molar-refractivity contribution in [2.75, 3.05) is 6.54 Å². The summed E-state index contributed by atoms with van der Waals surface area (Å²) < 4.78 is 5.19. The maximum absolute atomic E-state index is 11.8. The Bertz CT molecular complexity index is 333. The van der Waals surface area contributed by atoms with Gasteiger partial charge in [0.1, 0.15) is 11.6 Å². The fourth-order valence-corrected chi connectivity index (χ4v) is 2.29. The molecule has 0 aromatic heterocycles. The van der Waals surface area contributed by atoms with Crippen molar-refractivity contribution >= 4 is 12.1 Å². The Kier molecular flexibility index (Phi) is 2.36. The highest BCUT2D eigenvalue weighted by Gasteiger charge is 2.57. The van der Waals surface area contributed by atoms with E-state index in [9.17, 15) is 9.59 Å². The lowest BCUT2D eigenvalue weighted by molar-refractivity contribution is -0.142. The van der Waals surface area contributed by atoms with Crippen molar-refractivity contribution in [3.05, 3.63) is 0 Å². The quantitative estimate of drug-likeness (QED) is 0.733. The van der Waals surface area contributed by atoms with Crippen LogP contribution in [-0.4, -0.2) is 40.3 Å². The van der Waals surface area contributed by atoms with Gasteiger partial charge in [-0.05, 0) is 39.0 Å². The average Bonchev–Trinajstić information content (AvgIpc) is 2.73. The molecule has 2 aliphatic rings. The zero-order valence-electron chi connectivity index (χ0n) is 9.77. The number of hydrogen-bond acceptors (Lipinski definition) is 3. The molecule has 1 aliphatic carbocycles. The highest BCUT2D eigenvalue weighted by Crippen LogP contribution is 2.49. The van der Waals surface area contributed by atoms with Gasteiger partial charge < -0.3 is 9.84 Å². The van der Waals surface area contributed by atoms with Crippen molar-refractivity contribution in [2.45, 2.75) is 38.8 Å². The van der Waals surface area contributed by atoms with Crippen molar-refractivity contribution in [3.63, 3.8) is 0 Å². The first-order valence-corrected chi connectivity index (χ1v) is 5.52. The second-order valence-corrected chi connectivity index (χ2v) is 5.58. The minimum absolute atomic E-state index is 0.144. The lowest BCUT2D eigenvalue weighted by atomic mass is 10.2. The number of amides is 1. The van der Waals surface area contributed by atoms with Crippen LogP contribution in [0.25, 0.3) is 0 Å². The Balaban J connectivity index is 2.04. The summed E-state index contributed by atoms with van der Waals surface area (Å²) in [5.74, 6) is -0.408. The molecule has 0 unspecified atom stereocenters. The van der Waals surface area contributed by atoms with Crippen LogP contribution in [-0.2, 0) is 9.53 Å². The van der Waals surface area contributed by atoms with Crippen molar-refractivity contribution < 1.29 is 19.4 Å². The van der Waals surface area contributed by atoms with Crippen LogP contribution in [0.15, 0.2) is 0 Å². The molecule has 90 valence electrons. The molecule has 1 saturated carbocycles. The van der Waals surface area contributed by atoms with Gasteiger partial charge in [0.15, 0.2) is 0 Å². The third-order valence-corrected chi connectivity index (χ3v) is 3.03. The number of nitrogens with zero attached hydrogens (tertiary/aromatic N) is 1. The first-order valence-electron chi connectivity index (χ1n) is 5.52. The van der Waals surface area contributed by atoms with E-state index in [1.165, 1.54) is 4.90 Å². The number of likely N-dealkylation sites (tertiary alicyclic amines) is 1. The van der Waals surface area contributed by atoms with Gasteiger partial charge >= 0.3 is 12.1 Å². The Morgan fingerprint density at radius 1 is 1.38 bits per heavy atom. The number of hydrogen-bond donors (Lipinski definition) is 1. The standard InChI is InChI=1S/C11H17NO4/c1-11(2,3)16-10(15)12-5-6-4-7(6)8(12)9(13)14/h6-8H,4-5H2,1-3H3,(H,13,14)/t6-,7-,8+/m1/s1. The molecule has 0 spiro atoms. The Labute approximate surface area is 94.4 Å². The van der Waals surface area contributed by atoms with E-state index in [0.717, 1.165) is 6.42 Å². The molecule has 0 aromatic rings. The van der Waals surface area contributed by atoms with Gasteiger partial charge in [0.25, 0.3) is 0 Å². The van der Waals surface area contributed by atoms with Gasteiger partial charge in [-0.3, -0.25) is 4.90 Å². The molecule has 1 saturated heterocycles. The van der Waals surface area contributed by atoms with Gasteiger partial charge in [-0.25, -0.2) is 9.59 Å². The van der Waals surface area contributed by atoms with E-state index in [2.05, 4.69) is 0 Å². The van der Waals surface area contributed by atoms with Crippen molar-refractivity contribution in [1.29, 1.82) is 0 Å². The lowest BCUT2D eigenvalue weighted by Gasteiger charge is -2.28. The molecule has 5 nitrogen and oxygen atoms in total. The number of carboxylic acid groups (broad SMARTS) is 1. The van der Waals surface area contributed by atoms with Crippen LogP contribution in [0, 0.1) is 11.8 Å². The smallest absolute Gasteiger partial charge is 0.411 e. The zero-order valence-corrected chi connectivity index (χ0v) is 9.77. The fourth-order valence-electron chi connectivity index (χ4n) is 2.29. The van der Waals surface area contributed by atoms with E-state index >= 15 is 0 Å². The number of piperidine rings is 1. The maximum Gasteiger partial charge on any atom is 0.411 e. The molecule has 5 heteroatoms. The minimum Gasteiger partial charge on any atom is -0.480 e. The number of rotatable bonds is 1. The Hall–Kier alpha value is -1.26. The predicted octanol–water partition coefficient (Wildman–Crippen LogP) is 1.33. The number of fused-ring (bicyclic) bond motifs is 1. The highest BCUT2D eigenvalue weighted by molar-refractivity contribution is 5.82. The molecule has 1 amide bonds. The first kappa shape index (κ1) is 11.2. The van der Waals surface area contributed by atoms with Gasteiger partial charge in [0, 0.05) is 6.54 Å². The number of carboxylic acids is 1. The molecule has 2 fully saturated rings. The number of ether oxygens (including phenoxy) is 1. The molecule has 16 heavy (non-hydrogen) atoms. The van der Waals surface area contributed by atoms with Gasteiger partial charge in [-0.15, -0.1) is 0 Å². The average molecular weight is 227 g/mol. The summed E-state index contributed by atoms with van der Waals surface area (Å²) in [6, 6.07) is -0.681. The van der Waals surface area contributed by atoms with E-state index in [1.54, 1.807) is 20.8 Å². The van der Waals surface area contributed by atoms with Crippen LogP contribution in [0.2, 0.25) is 0 Å². The Morgan fingerprint density at radius 2 is 2.00 bits per heavy atom. The molecule has 0 bridgehead atoms. The summed E-state index contributed by atoms with van der Waals surface area (Å²) in [4.78, 5) is 24.2. The molecule has 0 aromatic carbocycles. The third kappa shape index (κ3) is 1.99. The highest BCUT2D eigenvalue weighted by atomic mass is 16.6. The van der Waals surface area contributed by atoms with Crippen LogP contribution < -0.4 is 0 Å². The zero-order chi connectivity index (χ0) is 12.1. The summed E-state index contributed by atoms with van der Waals surface area (Å²) in [6.07, 6.45) is 0.420. The number of aliphatic carboxylic acids is 1. The summed E-state index contributed by atoms with van der Waals surface area (Å²) in [5.41, 5.74) is -0.576. The first-order chi connectivity index (χ1) is 7.29. The Morgan fingerprint density at radius 3 is 2.50 bits per heavy atom. The molecule has 1 aliphatic heterocycles. The van der Waals surface area contributed by atoms with E-state index in [4.69, 9.17) is 9.84 Å². The van der Waals surface area contributed by atoms with Crippen molar-refractivity contribution in [3.8, 4) is 0 Å². The molecule has 3 atom stereocenters. The lowest BCUT2D eigenvalue weighted by Crippen LogP contribution is -2.45. The van der Waals surface area contributed by atoms with Crippen LogP contribution in [0.1, 0.15) is 27.2 Å². The second-order valence-electron chi connectivity index (χ2n) is 5.58. The van der Waals surface area contributed by atoms with Gasteiger partial charge in [0.2, 0.25) is 0 Å². The van der Waals surface area contributed by atoms with Crippen molar-refractivity contribution in [2.24, 2.45) is 11.8 Å². The van der Waals surface area contributed by atoms with Gasteiger partial charge in [-0.1, -0.05) is 0 Å². The van der Waals surface area contributed by atoms with Crippen molar-refractivity contribution in [1.82, 2.24) is 4.90 Å². The molecule has 1 N–H and O–H groups in total. The molecule has 2 rings (SSSR count). The molecular weight excluding hydrogens is 210 g/mol. The second kappa shape index (κ2) is 3.37. The summed E-state index contributed by atoms with van der Waals surface area (Å²) in [6.45, 7) is 5.85. The van der Waals surface area contributed by atoms with Crippen LogP contribution in [0.3, 0.4) is 0 Å². The monoisotopic (exact) mass is 227 g/mol. The molecule has 0 radical (unpaired) electrons. The fraction of sp³-hybridized carbons (Fsp3) is 0.818.